The van der Waals surface area contributed by atoms with Crippen LogP contribution in [0.5, 0.6) is 5.75 Å². The third-order valence-corrected chi connectivity index (χ3v) is 7.39. The molecule has 2 aromatic rings. The van der Waals surface area contributed by atoms with Gasteiger partial charge in [0.15, 0.2) is 0 Å². The number of piperidine rings is 3. The quantitative estimate of drug-likeness (QED) is 0.738. The molecule has 1 aliphatic carbocycles. The average Bonchev–Trinajstić information content (AvgIpc) is 3.64. The van der Waals surface area contributed by atoms with Gasteiger partial charge in [-0.2, -0.15) is 0 Å². The number of fused-ring (bicyclic) bond motifs is 4. The Balaban J connectivity index is 1.27. The molecule has 0 N–H and O–H groups in total. The van der Waals surface area contributed by atoms with E-state index in [4.69, 9.17) is 9.47 Å². The topological polar surface area (TPSA) is 42.0 Å². The van der Waals surface area contributed by atoms with Crippen molar-refractivity contribution in [2.75, 3.05) is 26.2 Å². The molecule has 1 saturated carbocycles. The van der Waals surface area contributed by atoms with Gasteiger partial charge in [-0.25, -0.2) is 4.79 Å². The summed E-state index contributed by atoms with van der Waals surface area (Å²) in [5, 5.41) is 0. The number of hydrogen-bond donors (Lipinski definition) is 0. The van der Waals surface area contributed by atoms with Crippen LogP contribution >= 0.6 is 0 Å². The zero-order valence-electron chi connectivity index (χ0n) is 17.9. The van der Waals surface area contributed by atoms with Gasteiger partial charge < -0.3 is 9.47 Å². The number of amides is 1. The molecule has 5 nitrogen and oxygen atoms in total. The second kappa shape index (κ2) is 7.86. The van der Waals surface area contributed by atoms with Crippen LogP contribution in [0.4, 0.5) is 4.79 Å². The molecule has 4 fully saturated rings. The summed E-state index contributed by atoms with van der Waals surface area (Å²) < 4.78 is 12.1. The van der Waals surface area contributed by atoms with Gasteiger partial charge >= 0.3 is 6.09 Å². The third-order valence-electron chi connectivity index (χ3n) is 7.39. The molecule has 2 bridgehead atoms. The maximum atomic E-state index is 13.4. The predicted molar refractivity (Wildman–Crippen MR) is 118 cm³/mol. The van der Waals surface area contributed by atoms with E-state index in [9.17, 15) is 4.79 Å². The van der Waals surface area contributed by atoms with Crippen molar-refractivity contribution in [3.8, 4) is 5.75 Å². The van der Waals surface area contributed by atoms with Crippen LogP contribution in [-0.2, 0) is 11.2 Å². The highest BCUT2D eigenvalue weighted by Gasteiger charge is 2.39. The molecule has 0 radical (unpaired) electrons. The summed E-state index contributed by atoms with van der Waals surface area (Å²) in [4.78, 5) is 17.8. The molecule has 162 valence electrons. The Labute approximate surface area is 183 Å². The van der Waals surface area contributed by atoms with Crippen LogP contribution in [-0.4, -0.2) is 54.3 Å². The molecule has 2 aromatic carbocycles. The summed E-state index contributed by atoms with van der Waals surface area (Å²) in [7, 11) is 0. The molecule has 31 heavy (non-hydrogen) atoms. The van der Waals surface area contributed by atoms with Crippen LogP contribution in [0, 0.1) is 5.92 Å². The molecular weight excluding hydrogens is 388 g/mol. The molecule has 4 aliphatic heterocycles. The van der Waals surface area contributed by atoms with Crippen LogP contribution < -0.4 is 4.74 Å². The first-order chi connectivity index (χ1) is 15.2. The highest BCUT2D eigenvalue weighted by molar-refractivity contribution is 5.70. The summed E-state index contributed by atoms with van der Waals surface area (Å²) in [6.07, 6.45) is 5.70. The lowest BCUT2D eigenvalue weighted by atomic mass is 9.86. The summed E-state index contributed by atoms with van der Waals surface area (Å²) in [6, 6.07) is 16.7. The van der Waals surface area contributed by atoms with Crippen molar-refractivity contribution in [2.24, 2.45) is 5.92 Å². The molecule has 0 spiro atoms. The van der Waals surface area contributed by atoms with Crippen molar-refractivity contribution >= 4 is 6.09 Å². The molecular formula is C26H30N2O3. The fourth-order valence-electron chi connectivity index (χ4n) is 5.47. The summed E-state index contributed by atoms with van der Waals surface area (Å²) in [6.45, 7) is 3.86. The number of carbonyl (C=O) groups is 1. The highest BCUT2D eigenvalue weighted by atomic mass is 16.6. The minimum absolute atomic E-state index is 0.0298. The Morgan fingerprint density at radius 3 is 2.39 bits per heavy atom. The van der Waals surface area contributed by atoms with Crippen molar-refractivity contribution < 1.29 is 14.3 Å². The van der Waals surface area contributed by atoms with Gasteiger partial charge in [0.25, 0.3) is 0 Å². The van der Waals surface area contributed by atoms with E-state index in [0.717, 1.165) is 63.1 Å². The van der Waals surface area contributed by atoms with Gasteiger partial charge in [0.1, 0.15) is 11.9 Å². The Hall–Kier alpha value is -2.53. The first-order valence-corrected chi connectivity index (χ1v) is 11.8. The van der Waals surface area contributed by atoms with E-state index in [1.807, 2.05) is 17.0 Å². The summed E-state index contributed by atoms with van der Waals surface area (Å²) >= 11 is 0. The second-order valence-corrected chi connectivity index (χ2v) is 9.49. The molecule has 3 saturated heterocycles. The standard InChI is InChI=1S/C26H30N2O3/c29-26(31-24-17-27-14-11-19(24)12-15-27)28-16-13-18-3-1-2-4-23(18)25(28)20-5-7-21(8-6-20)30-22-9-10-22/h1-8,19,22,24-25H,9-17H2/t24?,25-/m0/s1. The zero-order valence-corrected chi connectivity index (χ0v) is 17.9. The minimum Gasteiger partial charge on any atom is -0.490 e. The van der Waals surface area contributed by atoms with Crippen LogP contribution in [0.3, 0.4) is 0 Å². The molecule has 1 unspecified atom stereocenters. The average molecular weight is 419 g/mol. The first-order valence-electron chi connectivity index (χ1n) is 11.8. The molecule has 1 amide bonds. The second-order valence-electron chi connectivity index (χ2n) is 9.49. The van der Waals surface area contributed by atoms with E-state index in [0.29, 0.717) is 18.6 Å². The van der Waals surface area contributed by atoms with Crippen LogP contribution in [0.1, 0.15) is 48.4 Å². The van der Waals surface area contributed by atoms with E-state index in [1.165, 1.54) is 11.1 Å². The van der Waals surface area contributed by atoms with E-state index in [1.54, 1.807) is 0 Å². The van der Waals surface area contributed by atoms with E-state index < -0.39 is 0 Å². The van der Waals surface area contributed by atoms with Gasteiger partial charge in [0.05, 0.1) is 12.1 Å². The molecule has 5 heteroatoms. The molecule has 2 atom stereocenters. The minimum atomic E-state index is -0.170. The Bertz CT molecular complexity index is 947. The van der Waals surface area contributed by atoms with Crippen LogP contribution in [0.25, 0.3) is 0 Å². The van der Waals surface area contributed by atoms with Crippen molar-refractivity contribution in [3.63, 3.8) is 0 Å². The molecule has 4 heterocycles. The highest BCUT2D eigenvalue weighted by Crippen LogP contribution is 2.38. The van der Waals surface area contributed by atoms with Gasteiger partial charge in [0, 0.05) is 13.1 Å². The first kappa shape index (κ1) is 19.2. The van der Waals surface area contributed by atoms with E-state index in [2.05, 4.69) is 41.3 Å². The molecule has 7 rings (SSSR count). The largest absolute Gasteiger partial charge is 0.490 e. The zero-order chi connectivity index (χ0) is 20.8. The van der Waals surface area contributed by atoms with Gasteiger partial charge in [-0.15, -0.1) is 0 Å². The molecule has 0 aromatic heterocycles. The number of nitrogens with zero attached hydrogens (tertiary/aromatic N) is 2. The Kier molecular flexibility index (Phi) is 4.87. The maximum Gasteiger partial charge on any atom is 0.410 e. The van der Waals surface area contributed by atoms with Crippen molar-refractivity contribution in [3.05, 3.63) is 65.2 Å². The van der Waals surface area contributed by atoms with Gasteiger partial charge in [0.2, 0.25) is 0 Å². The van der Waals surface area contributed by atoms with Crippen molar-refractivity contribution in [2.45, 2.75) is 50.4 Å². The van der Waals surface area contributed by atoms with Crippen molar-refractivity contribution in [1.82, 2.24) is 9.80 Å². The number of rotatable bonds is 4. The number of carbonyl (C=O) groups excluding carboxylic acids is 1. The normalized spacial score (nSPS) is 29.4. The lowest BCUT2D eigenvalue weighted by Crippen LogP contribution is -2.53. The SMILES string of the molecule is O=C(OC1CN2CCC1CC2)N1CCc2ccccc2[C@@H]1c1ccc(OC2CC2)cc1. The van der Waals surface area contributed by atoms with Gasteiger partial charge in [-0.1, -0.05) is 36.4 Å². The monoisotopic (exact) mass is 418 g/mol. The van der Waals surface area contributed by atoms with E-state index in [-0.39, 0.29) is 18.2 Å². The fourth-order valence-corrected chi connectivity index (χ4v) is 5.47. The lowest BCUT2D eigenvalue weighted by molar-refractivity contribution is -0.0462. The van der Waals surface area contributed by atoms with E-state index >= 15 is 0 Å². The number of hydrogen-bond acceptors (Lipinski definition) is 4. The van der Waals surface area contributed by atoms with Gasteiger partial charge in [-0.05, 0) is 79.9 Å². The smallest absolute Gasteiger partial charge is 0.410 e. The van der Waals surface area contributed by atoms with Crippen LogP contribution in [0.15, 0.2) is 48.5 Å². The van der Waals surface area contributed by atoms with Gasteiger partial charge in [-0.3, -0.25) is 9.80 Å². The Morgan fingerprint density at radius 2 is 1.68 bits per heavy atom. The third kappa shape index (κ3) is 3.80. The summed E-state index contributed by atoms with van der Waals surface area (Å²) in [5.41, 5.74) is 3.63. The van der Waals surface area contributed by atoms with Crippen molar-refractivity contribution in [1.29, 1.82) is 0 Å². The van der Waals surface area contributed by atoms with Crippen LogP contribution in [0.2, 0.25) is 0 Å². The summed E-state index contributed by atoms with van der Waals surface area (Å²) in [5.74, 6) is 1.43. The number of benzene rings is 2. The lowest BCUT2D eigenvalue weighted by Gasteiger charge is -2.45. The predicted octanol–water partition coefficient (Wildman–Crippen LogP) is 4.41. The maximum absolute atomic E-state index is 13.4. The Morgan fingerprint density at radius 1 is 0.903 bits per heavy atom. The fraction of sp³-hybridized carbons (Fsp3) is 0.500. The number of ether oxygens (including phenoxy) is 2. The molecule has 5 aliphatic rings.